The van der Waals surface area contributed by atoms with E-state index < -0.39 is 18.2 Å². The van der Waals surface area contributed by atoms with Crippen molar-refractivity contribution in [1.82, 2.24) is 9.62 Å². The van der Waals surface area contributed by atoms with Gasteiger partial charge in [-0.05, 0) is 115 Å². The van der Waals surface area contributed by atoms with Crippen LogP contribution in [0.3, 0.4) is 0 Å². The zero-order valence-corrected chi connectivity index (χ0v) is 46.4. The number of esters is 2. The molecule has 0 heterocycles. The molecule has 0 saturated heterocycles. The minimum absolute atomic E-state index is 0.0127. The van der Waals surface area contributed by atoms with Crippen molar-refractivity contribution >= 4 is 30.1 Å². The van der Waals surface area contributed by atoms with Gasteiger partial charge in [0.2, 0.25) is 0 Å². The maximum Gasteiger partial charge on any atom is 0.306 e. The Kier molecular flexibility index (Phi) is 40.4. The number of hydrogen-bond donors (Lipinski definition) is 1. The van der Waals surface area contributed by atoms with Gasteiger partial charge >= 0.3 is 11.9 Å². The van der Waals surface area contributed by atoms with Gasteiger partial charge in [0.05, 0.1) is 9.92 Å². The van der Waals surface area contributed by atoms with Crippen LogP contribution in [0.1, 0.15) is 273 Å². The second kappa shape index (κ2) is 41.0. The van der Waals surface area contributed by atoms with Gasteiger partial charge in [-0.15, -0.1) is 0 Å². The molecule has 0 aliphatic heterocycles. The first kappa shape index (κ1) is 63.0. The molecule has 64 heavy (non-hydrogen) atoms. The van der Waals surface area contributed by atoms with Gasteiger partial charge in [0.1, 0.15) is 12.2 Å². The fourth-order valence-corrected chi connectivity index (χ4v) is 13.7. The van der Waals surface area contributed by atoms with Crippen LogP contribution >= 0.6 is 0 Å². The molecule has 0 rings (SSSR count). The monoisotopic (exact) mass is 942 g/mol. The van der Waals surface area contributed by atoms with Gasteiger partial charge in [-0.2, -0.15) is 0 Å². The smallest absolute Gasteiger partial charge is 0.306 e. The van der Waals surface area contributed by atoms with Crippen LogP contribution in [0.25, 0.3) is 0 Å². The molecule has 0 radical (unpaired) electrons. The second-order valence-corrected chi connectivity index (χ2v) is 28.4. The third-order valence-corrected chi connectivity index (χ3v) is 21.3. The molecule has 0 spiro atoms. The lowest BCUT2D eigenvalue weighted by molar-refractivity contribution is -0.150. The molecule has 10 heteroatoms. The van der Waals surface area contributed by atoms with Crippen LogP contribution in [-0.4, -0.2) is 73.9 Å². The molecule has 0 fully saturated rings. The minimum Gasteiger partial charge on any atom is -0.462 e. The van der Waals surface area contributed by atoms with Crippen LogP contribution in [0.15, 0.2) is 4.03 Å². The highest BCUT2D eigenvalue weighted by Crippen LogP contribution is 2.37. The summed E-state index contributed by atoms with van der Waals surface area (Å²) in [5.74, 6) is -0.00401. The molecule has 0 aromatic rings. The van der Waals surface area contributed by atoms with Crippen molar-refractivity contribution in [3.05, 3.63) is 0 Å². The third-order valence-electron chi connectivity index (χ3n) is 13.7. The number of nitrogens with one attached hydrogen (secondary N) is 1. The highest BCUT2D eigenvalue weighted by Gasteiger charge is 2.37. The summed E-state index contributed by atoms with van der Waals surface area (Å²) in [5, 5.41) is 0.0603. The molecule has 0 aromatic heterocycles. The van der Waals surface area contributed by atoms with E-state index in [4.69, 9.17) is 13.5 Å². The van der Waals surface area contributed by atoms with Crippen molar-refractivity contribution in [3.8, 4) is 0 Å². The van der Waals surface area contributed by atoms with Crippen LogP contribution in [0.5, 0.6) is 0 Å². The Morgan fingerprint density at radius 1 is 0.531 bits per heavy atom. The summed E-state index contributed by atoms with van der Waals surface area (Å²) < 4.78 is 33.6. The van der Waals surface area contributed by atoms with Crippen LogP contribution in [0, 0.1) is 0 Å². The Labute approximate surface area is 401 Å². The number of carbonyl (C=O) groups excluding carboxylic acids is 2. The lowest BCUT2D eigenvalue weighted by Crippen LogP contribution is -2.39. The van der Waals surface area contributed by atoms with E-state index in [-0.39, 0.29) is 29.2 Å². The van der Waals surface area contributed by atoms with Crippen LogP contribution < -0.4 is 4.72 Å². The van der Waals surface area contributed by atoms with E-state index in [2.05, 4.69) is 71.2 Å². The molecule has 8 nitrogen and oxygen atoms in total. The highest BCUT2D eigenvalue weighted by molar-refractivity contribution is 7.91. The largest absolute Gasteiger partial charge is 0.462 e. The van der Waals surface area contributed by atoms with Crippen molar-refractivity contribution in [2.45, 2.75) is 304 Å². The number of carbonyl (C=O) groups is 2. The van der Waals surface area contributed by atoms with Crippen molar-refractivity contribution in [2.75, 3.05) is 32.4 Å². The molecule has 0 aliphatic rings. The summed E-state index contributed by atoms with van der Waals surface area (Å²) in [6.45, 7) is 23.8. The van der Waals surface area contributed by atoms with E-state index in [1.165, 1.54) is 122 Å². The summed E-state index contributed by atoms with van der Waals surface area (Å²) in [6.07, 6.45) is 41.8. The van der Waals surface area contributed by atoms with Gasteiger partial charge in [0.25, 0.3) is 0 Å². The van der Waals surface area contributed by atoms with Crippen LogP contribution in [0.4, 0.5) is 0 Å². The van der Waals surface area contributed by atoms with Gasteiger partial charge in [-0.1, -0.05) is 183 Å². The zero-order valence-electron chi connectivity index (χ0n) is 44.6. The lowest BCUT2D eigenvalue weighted by Gasteiger charge is -2.33. The predicted molar refractivity (Wildman–Crippen MR) is 282 cm³/mol. The fourth-order valence-electron chi connectivity index (χ4n) is 8.33. The normalized spacial score (nSPS) is 13.7. The molecule has 2 unspecified atom stereocenters. The molecule has 1 N–H and O–H groups in total. The topological polar surface area (TPSA) is 97.3 Å². The molecule has 0 aliphatic carbocycles. The predicted octanol–water partition coefficient (Wildman–Crippen LogP) is 16.5. The SMILES string of the molecule is CCCCCCCCC(CC)OC(=O)CCCCCCCN(CCCCCCCC(=O)OC(CCCCCCCC)CCCCCCCC)CCCNS(C)(=O)=N[Si](C)(C)C(C)(C)C. The number of hydrogen-bond acceptors (Lipinski definition) is 7. The molecule has 0 amide bonds. The Morgan fingerprint density at radius 2 is 0.875 bits per heavy atom. The summed E-state index contributed by atoms with van der Waals surface area (Å²) in [4.78, 5) is 28.1. The summed E-state index contributed by atoms with van der Waals surface area (Å²) in [6, 6.07) is 0. The first-order chi connectivity index (χ1) is 30.6. The first-order valence-corrected chi connectivity index (χ1v) is 32.6. The van der Waals surface area contributed by atoms with E-state index >= 15 is 0 Å². The number of rotatable bonds is 46. The molecular formula is C54H111N3O5SSi. The van der Waals surface area contributed by atoms with Crippen molar-refractivity contribution in [3.63, 3.8) is 0 Å². The van der Waals surface area contributed by atoms with Gasteiger partial charge in [0, 0.05) is 25.6 Å². The number of nitrogens with zero attached hydrogens (tertiary/aromatic N) is 2. The van der Waals surface area contributed by atoms with E-state index in [0.29, 0.717) is 19.4 Å². The first-order valence-electron chi connectivity index (χ1n) is 27.7. The molecule has 0 bridgehead atoms. The standard InChI is InChI=1S/C54H111N3O5SSi/c1-11-15-18-21-26-33-41-50(14-4)61-52(58)44-36-29-24-31-38-47-57(49-40-46-55-63(8,60)56-64(9,10)54(5,6)7)48-39-32-25-30-37-45-53(59)62-51(42-34-27-22-19-16-12-2)43-35-28-23-20-17-13-3/h50-51H,11-49H2,1-10H3,(H,55,56,60). The van der Waals surface area contributed by atoms with Gasteiger partial charge in [-0.3, -0.25) is 13.6 Å². The highest BCUT2D eigenvalue weighted by atomic mass is 32.2. The average molecular weight is 943 g/mol. The number of unbranched alkanes of at least 4 members (excludes halogenated alkanes) is 23. The fraction of sp³-hybridized carbons (Fsp3) is 0.963. The molecule has 0 saturated carbocycles. The summed E-state index contributed by atoms with van der Waals surface area (Å²) in [7, 11) is -4.45. The van der Waals surface area contributed by atoms with Crippen LogP contribution in [0.2, 0.25) is 18.1 Å². The number of ether oxygens (including phenoxy) is 2. The Morgan fingerprint density at radius 3 is 1.28 bits per heavy atom. The summed E-state index contributed by atoms with van der Waals surface area (Å²) >= 11 is 0. The average Bonchev–Trinajstić information content (AvgIpc) is 3.23. The van der Waals surface area contributed by atoms with Crippen molar-refractivity contribution in [2.24, 2.45) is 4.03 Å². The van der Waals surface area contributed by atoms with E-state index in [9.17, 15) is 13.8 Å². The van der Waals surface area contributed by atoms with E-state index in [1.807, 2.05) is 0 Å². The Hall–Kier alpha value is -0.973. The minimum atomic E-state index is -2.43. The maximum absolute atomic E-state index is 13.4. The molecule has 0 aromatic carbocycles. The lowest BCUT2D eigenvalue weighted by atomic mass is 10.0. The molecule has 2 atom stereocenters. The van der Waals surface area contributed by atoms with E-state index in [0.717, 1.165) is 110 Å². The van der Waals surface area contributed by atoms with Crippen LogP contribution in [-0.2, 0) is 29.0 Å². The Balaban J connectivity index is 4.83. The second-order valence-electron chi connectivity index (χ2n) is 21.1. The summed E-state index contributed by atoms with van der Waals surface area (Å²) in [5.41, 5.74) is 0. The van der Waals surface area contributed by atoms with Gasteiger partial charge in [-0.25, -0.2) is 8.93 Å². The maximum atomic E-state index is 13.4. The van der Waals surface area contributed by atoms with Gasteiger partial charge < -0.3 is 14.4 Å². The van der Waals surface area contributed by atoms with Crippen molar-refractivity contribution < 1.29 is 23.3 Å². The molecular weight excluding hydrogens is 831 g/mol. The zero-order chi connectivity index (χ0) is 47.8. The van der Waals surface area contributed by atoms with E-state index in [1.54, 1.807) is 6.26 Å². The quantitative estimate of drug-likeness (QED) is 0.0371. The van der Waals surface area contributed by atoms with Gasteiger partial charge in [0.15, 0.2) is 8.24 Å². The molecule has 382 valence electrons. The van der Waals surface area contributed by atoms with Crippen molar-refractivity contribution in [1.29, 1.82) is 0 Å². The third kappa shape index (κ3) is 38.0. The Bertz CT molecular complexity index is 1200.